The maximum absolute atomic E-state index is 10.7. The maximum Gasteiger partial charge on any atom is 0.362 e. The average molecular weight is 199 g/mol. The van der Waals surface area contributed by atoms with E-state index in [1.807, 2.05) is 0 Å². The molecule has 0 atom stereocenters. The molecule has 1 aliphatic rings. The molecule has 1 aromatic heterocycles. The van der Waals surface area contributed by atoms with Crippen molar-refractivity contribution < 1.29 is 19.3 Å². The second-order valence-electron chi connectivity index (χ2n) is 2.84. The number of nitrogens with zero attached hydrogens (tertiary/aromatic N) is 3. The zero-order valence-electron chi connectivity index (χ0n) is 7.34. The van der Waals surface area contributed by atoms with Crippen molar-refractivity contribution in [3.05, 3.63) is 5.69 Å². The number of hydrogen-bond donors (Lipinski definition) is 1. The van der Waals surface area contributed by atoms with Crippen molar-refractivity contribution in [2.45, 2.75) is 0 Å². The highest BCUT2D eigenvalue weighted by atomic mass is 16.6. The number of carboxylic acids is 1. The molecule has 0 aliphatic carbocycles. The van der Waals surface area contributed by atoms with E-state index in [0.717, 1.165) is 0 Å². The third kappa shape index (κ3) is 1.53. The Hall–Kier alpha value is -1.63. The molecular weight excluding hydrogens is 190 g/mol. The van der Waals surface area contributed by atoms with Crippen LogP contribution in [0.15, 0.2) is 4.63 Å². The number of rotatable bonds is 2. The number of carbonyl (C=O) groups is 1. The first-order valence-corrected chi connectivity index (χ1v) is 4.17. The number of ether oxygens (including phenoxy) is 1. The Balaban J connectivity index is 2.21. The van der Waals surface area contributed by atoms with Crippen LogP contribution in [-0.4, -0.2) is 47.7 Å². The van der Waals surface area contributed by atoms with Crippen LogP contribution in [0.25, 0.3) is 0 Å². The minimum absolute atomic E-state index is 0.146. The molecule has 7 heteroatoms. The maximum atomic E-state index is 10.7. The number of morpholine rings is 1. The first-order chi connectivity index (χ1) is 6.79. The van der Waals surface area contributed by atoms with Gasteiger partial charge in [-0.25, -0.2) is 9.42 Å². The summed E-state index contributed by atoms with van der Waals surface area (Å²) >= 11 is 0. The standard InChI is InChI=1S/C7H9N3O4/c11-7(12)5-6(9-14-8-5)10-1-3-13-4-2-10/h1-4H2,(H,11,12). The van der Waals surface area contributed by atoms with Gasteiger partial charge in [-0.05, 0) is 10.3 Å². The second kappa shape index (κ2) is 3.62. The van der Waals surface area contributed by atoms with Crippen LogP contribution in [0.5, 0.6) is 0 Å². The van der Waals surface area contributed by atoms with Crippen molar-refractivity contribution in [2.24, 2.45) is 0 Å². The van der Waals surface area contributed by atoms with Gasteiger partial charge in [-0.15, -0.1) is 0 Å². The molecule has 1 saturated heterocycles. The highest BCUT2D eigenvalue weighted by Gasteiger charge is 2.23. The lowest BCUT2D eigenvalue weighted by Crippen LogP contribution is -2.37. The van der Waals surface area contributed by atoms with Crippen LogP contribution < -0.4 is 4.90 Å². The molecule has 2 rings (SSSR count). The summed E-state index contributed by atoms with van der Waals surface area (Å²) in [5.74, 6) is -0.853. The molecule has 0 radical (unpaired) electrons. The highest BCUT2D eigenvalue weighted by molar-refractivity contribution is 5.90. The van der Waals surface area contributed by atoms with Crippen LogP contribution in [0, 0.1) is 0 Å². The SMILES string of the molecule is O=C(O)c1nonc1N1CCOCC1. The van der Waals surface area contributed by atoms with Gasteiger partial charge in [0.25, 0.3) is 0 Å². The molecule has 1 fully saturated rings. The van der Waals surface area contributed by atoms with Gasteiger partial charge in [0.1, 0.15) is 0 Å². The zero-order valence-corrected chi connectivity index (χ0v) is 7.34. The molecular formula is C7H9N3O4. The van der Waals surface area contributed by atoms with Crippen LogP contribution >= 0.6 is 0 Å². The molecule has 0 spiro atoms. The van der Waals surface area contributed by atoms with E-state index in [1.165, 1.54) is 0 Å². The molecule has 7 nitrogen and oxygen atoms in total. The zero-order chi connectivity index (χ0) is 9.97. The van der Waals surface area contributed by atoms with Crippen LogP contribution in [0.3, 0.4) is 0 Å². The second-order valence-corrected chi connectivity index (χ2v) is 2.84. The summed E-state index contributed by atoms with van der Waals surface area (Å²) in [6, 6.07) is 0. The Morgan fingerprint density at radius 1 is 1.36 bits per heavy atom. The minimum atomic E-state index is -1.13. The van der Waals surface area contributed by atoms with Gasteiger partial charge in [0, 0.05) is 13.1 Å². The van der Waals surface area contributed by atoms with Gasteiger partial charge in [-0.3, -0.25) is 0 Å². The number of aromatic nitrogens is 2. The Morgan fingerprint density at radius 3 is 2.71 bits per heavy atom. The van der Waals surface area contributed by atoms with Gasteiger partial charge in [0.05, 0.1) is 13.2 Å². The van der Waals surface area contributed by atoms with Gasteiger partial charge in [-0.1, -0.05) is 0 Å². The lowest BCUT2D eigenvalue weighted by Gasteiger charge is -2.25. The van der Waals surface area contributed by atoms with Crippen molar-refractivity contribution in [3.63, 3.8) is 0 Å². The number of carboxylic acid groups (broad SMARTS) is 1. The molecule has 0 aromatic carbocycles. The smallest absolute Gasteiger partial charge is 0.362 e. The average Bonchev–Trinajstić information content (AvgIpc) is 2.67. The molecule has 0 saturated carbocycles. The summed E-state index contributed by atoms with van der Waals surface area (Å²) in [6.07, 6.45) is 0. The van der Waals surface area contributed by atoms with Crippen molar-refractivity contribution in [2.75, 3.05) is 31.2 Å². The Bertz CT molecular complexity index is 331. The first kappa shape index (κ1) is 8.95. The lowest BCUT2D eigenvalue weighted by atomic mass is 10.3. The van der Waals surface area contributed by atoms with Gasteiger partial charge < -0.3 is 14.7 Å². The fraction of sp³-hybridized carbons (Fsp3) is 0.571. The van der Waals surface area contributed by atoms with Crippen LogP contribution in [0.1, 0.15) is 10.5 Å². The summed E-state index contributed by atoms with van der Waals surface area (Å²) < 4.78 is 9.53. The number of hydrogen-bond acceptors (Lipinski definition) is 6. The fourth-order valence-electron chi connectivity index (χ4n) is 1.30. The van der Waals surface area contributed by atoms with E-state index in [9.17, 15) is 4.79 Å². The quantitative estimate of drug-likeness (QED) is 0.693. The van der Waals surface area contributed by atoms with E-state index >= 15 is 0 Å². The van der Waals surface area contributed by atoms with E-state index in [4.69, 9.17) is 9.84 Å². The molecule has 0 amide bonds. The largest absolute Gasteiger partial charge is 0.476 e. The molecule has 14 heavy (non-hydrogen) atoms. The molecule has 1 N–H and O–H groups in total. The van der Waals surface area contributed by atoms with E-state index in [0.29, 0.717) is 26.3 Å². The van der Waals surface area contributed by atoms with Crippen LogP contribution in [-0.2, 0) is 4.74 Å². The minimum Gasteiger partial charge on any atom is -0.476 e. The molecule has 0 unspecified atom stereocenters. The number of anilines is 1. The van der Waals surface area contributed by atoms with Gasteiger partial charge >= 0.3 is 5.97 Å². The highest BCUT2D eigenvalue weighted by Crippen LogP contribution is 2.16. The van der Waals surface area contributed by atoms with Gasteiger partial charge in [-0.2, -0.15) is 0 Å². The van der Waals surface area contributed by atoms with E-state index in [1.54, 1.807) is 4.90 Å². The van der Waals surface area contributed by atoms with E-state index in [2.05, 4.69) is 14.9 Å². The monoisotopic (exact) mass is 199 g/mol. The van der Waals surface area contributed by atoms with Crippen molar-refractivity contribution in [3.8, 4) is 0 Å². The predicted octanol–water partition coefficient (Wildman–Crippen LogP) is -0.396. The Labute approximate surface area is 79.2 Å². The summed E-state index contributed by atoms with van der Waals surface area (Å²) in [7, 11) is 0. The molecule has 2 heterocycles. The van der Waals surface area contributed by atoms with E-state index in [-0.39, 0.29) is 11.5 Å². The Morgan fingerprint density at radius 2 is 2.07 bits per heavy atom. The lowest BCUT2D eigenvalue weighted by molar-refractivity contribution is 0.0684. The third-order valence-electron chi connectivity index (χ3n) is 1.98. The predicted molar refractivity (Wildman–Crippen MR) is 44.3 cm³/mol. The van der Waals surface area contributed by atoms with Crippen LogP contribution in [0.2, 0.25) is 0 Å². The molecule has 0 bridgehead atoms. The third-order valence-corrected chi connectivity index (χ3v) is 1.98. The summed E-state index contributed by atoms with van der Waals surface area (Å²) in [4.78, 5) is 12.5. The van der Waals surface area contributed by atoms with Crippen LogP contribution in [0.4, 0.5) is 5.82 Å². The number of aromatic carboxylic acids is 1. The normalized spacial score (nSPS) is 17.0. The molecule has 76 valence electrons. The topological polar surface area (TPSA) is 88.7 Å². The summed E-state index contributed by atoms with van der Waals surface area (Å²) in [5, 5.41) is 15.7. The fourth-order valence-corrected chi connectivity index (χ4v) is 1.30. The van der Waals surface area contributed by atoms with Crippen molar-refractivity contribution >= 4 is 11.8 Å². The van der Waals surface area contributed by atoms with Crippen molar-refractivity contribution in [1.29, 1.82) is 0 Å². The Kier molecular flexibility index (Phi) is 2.32. The molecule has 1 aliphatic heterocycles. The van der Waals surface area contributed by atoms with E-state index < -0.39 is 5.97 Å². The molecule has 1 aromatic rings. The first-order valence-electron chi connectivity index (χ1n) is 4.17. The summed E-state index contributed by atoms with van der Waals surface area (Å²) in [6.45, 7) is 2.33. The summed E-state index contributed by atoms with van der Waals surface area (Å²) in [5.41, 5.74) is -0.146. The van der Waals surface area contributed by atoms with Crippen molar-refractivity contribution in [1.82, 2.24) is 10.3 Å². The van der Waals surface area contributed by atoms with Gasteiger partial charge in [0.2, 0.25) is 11.5 Å². The van der Waals surface area contributed by atoms with Gasteiger partial charge in [0.15, 0.2) is 0 Å².